The van der Waals surface area contributed by atoms with Gasteiger partial charge in [0.15, 0.2) is 5.96 Å². The van der Waals surface area contributed by atoms with Gasteiger partial charge in [-0.05, 0) is 30.9 Å². The Balaban J connectivity index is 0.00000264. The van der Waals surface area contributed by atoms with E-state index in [1.165, 1.54) is 11.1 Å². The van der Waals surface area contributed by atoms with E-state index >= 15 is 0 Å². The predicted molar refractivity (Wildman–Crippen MR) is 104 cm³/mol. The number of halogens is 1. The minimum absolute atomic E-state index is 0. The first-order chi connectivity index (χ1) is 10.8. The van der Waals surface area contributed by atoms with Crippen LogP contribution in [0, 0.1) is 6.92 Å². The molecule has 0 aliphatic rings. The van der Waals surface area contributed by atoms with Gasteiger partial charge in [-0.1, -0.05) is 24.3 Å². The van der Waals surface area contributed by atoms with Crippen molar-refractivity contribution in [2.45, 2.75) is 32.9 Å². The molecule has 6 nitrogen and oxygen atoms in total. The fourth-order valence-electron chi connectivity index (χ4n) is 2.17. The van der Waals surface area contributed by atoms with Gasteiger partial charge in [0, 0.05) is 26.7 Å². The number of aromatic nitrogens is 3. The predicted octanol–water partition coefficient (Wildman–Crippen LogP) is 2.35. The zero-order valence-electron chi connectivity index (χ0n) is 13.7. The third-order valence-corrected chi connectivity index (χ3v) is 3.53. The van der Waals surface area contributed by atoms with Gasteiger partial charge in [0.1, 0.15) is 12.7 Å². The van der Waals surface area contributed by atoms with Crippen LogP contribution in [0.4, 0.5) is 0 Å². The molecule has 1 heterocycles. The van der Waals surface area contributed by atoms with E-state index in [1.54, 1.807) is 19.7 Å². The maximum Gasteiger partial charge on any atom is 0.191 e. The van der Waals surface area contributed by atoms with Crippen molar-refractivity contribution in [2.75, 3.05) is 13.6 Å². The molecule has 0 saturated carbocycles. The number of benzene rings is 1. The molecule has 0 radical (unpaired) electrons. The van der Waals surface area contributed by atoms with Gasteiger partial charge in [0.05, 0.1) is 0 Å². The van der Waals surface area contributed by atoms with Crippen molar-refractivity contribution in [3.8, 4) is 0 Å². The summed E-state index contributed by atoms with van der Waals surface area (Å²) < 4.78 is 1.99. The molecule has 0 aliphatic carbocycles. The molecule has 0 spiro atoms. The van der Waals surface area contributed by atoms with E-state index in [1.807, 2.05) is 4.57 Å². The molecule has 0 atom stereocenters. The van der Waals surface area contributed by atoms with Crippen molar-refractivity contribution >= 4 is 29.9 Å². The highest BCUT2D eigenvalue weighted by atomic mass is 127. The van der Waals surface area contributed by atoms with Crippen molar-refractivity contribution in [3.05, 3.63) is 48.0 Å². The van der Waals surface area contributed by atoms with Crippen LogP contribution < -0.4 is 10.6 Å². The van der Waals surface area contributed by atoms with E-state index < -0.39 is 0 Å². The molecule has 0 fully saturated rings. The minimum Gasteiger partial charge on any atom is -0.356 e. The molecule has 23 heavy (non-hydrogen) atoms. The molecule has 0 unspecified atom stereocenters. The van der Waals surface area contributed by atoms with E-state index in [4.69, 9.17) is 0 Å². The van der Waals surface area contributed by atoms with E-state index in [0.717, 1.165) is 38.4 Å². The van der Waals surface area contributed by atoms with Crippen LogP contribution in [0.1, 0.15) is 24.0 Å². The lowest BCUT2D eigenvalue weighted by molar-refractivity contribution is 0.597. The summed E-state index contributed by atoms with van der Waals surface area (Å²) in [5.74, 6) is 0.840. The van der Waals surface area contributed by atoms with Crippen LogP contribution in [0.2, 0.25) is 0 Å². The summed E-state index contributed by atoms with van der Waals surface area (Å²) in [6.45, 7) is 4.75. The lowest BCUT2D eigenvalue weighted by atomic mass is 10.1. The summed E-state index contributed by atoms with van der Waals surface area (Å²) in [6, 6.07) is 8.37. The second kappa shape index (κ2) is 11.0. The van der Waals surface area contributed by atoms with Gasteiger partial charge < -0.3 is 15.2 Å². The van der Waals surface area contributed by atoms with Crippen LogP contribution in [0.3, 0.4) is 0 Å². The molecule has 7 heteroatoms. The van der Waals surface area contributed by atoms with Crippen LogP contribution in [-0.4, -0.2) is 34.3 Å². The number of hydrogen-bond acceptors (Lipinski definition) is 3. The van der Waals surface area contributed by atoms with Crippen LogP contribution in [0.5, 0.6) is 0 Å². The molecular formula is C16H25IN6. The largest absolute Gasteiger partial charge is 0.356 e. The van der Waals surface area contributed by atoms with Gasteiger partial charge in [-0.2, -0.15) is 0 Å². The summed E-state index contributed by atoms with van der Waals surface area (Å²) in [7, 11) is 1.80. The Hall–Kier alpha value is -1.64. The third kappa shape index (κ3) is 6.98. The van der Waals surface area contributed by atoms with Crippen LogP contribution in [0.15, 0.2) is 41.9 Å². The normalized spacial score (nSPS) is 11.0. The number of aliphatic imine (C=N–C) groups is 1. The SMILES string of the molecule is CN=C(NCCCCn1cnnc1)NCc1ccccc1C.I. The second-order valence-corrected chi connectivity index (χ2v) is 5.19. The number of guanidine groups is 1. The fraction of sp³-hybridized carbons (Fsp3) is 0.438. The average Bonchev–Trinajstić information content (AvgIpc) is 3.05. The Morgan fingerprint density at radius 2 is 1.87 bits per heavy atom. The van der Waals surface area contributed by atoms with Crippen molar-refractivity contribution in [3.63, 3.8) is 0 Å². The van der Waals surface area contributed by atoms with E-state index in [-0.39, 0.29) is 24.0 Å². The Bertz CT molecular complexity index is 582. The number of nitrogens with one attached hydrogen (secondary N) is 2. The van der Waals surface area contributed by atoms with Gasteiger partial charge >= 0.3 is 0 Å². The van der Waals surface area contributed by atoms with Crippen LogP contribution in [0.25, 0.3) is 0 Å². The minimum atomic E-state index is 0. The Kier molecular flexibility index (Phi) is 9.27. The highest BCUT2D eigenvalue weighted by Crippen LogP contribution is 2.05. The molecule has 1 aromatic carbocycles. The van der Waals surface area contributed by atoms with Gasteiger partial charge in [-0.25, -0.2) is 0 Å². The zero-order chi connectivity index (χ0) is 15.6. The van der Waals surface area contributed by atoms with Crippen molar-refractivity contribution in [1.82, 2.24) is 25.4 Å². The van der Waals surface area contributed by atoms with Crippen LogP contribution >= 0.6 is 24.0 Å². The molecule has 2 N–H and O–H groups in total. The first-order valence-electron chi connectivity index (χ1n) is 7.61. The van der Waals surface area contributed by atoms with Crippen molar-refractivity contribution in [2.24, 2.45) is 4.99 Å². The molecule has 0 saturated heterocycles. The van der Waals surface area contributed by atoms with Crippen LogP contribution in [-0.2, 0) is 13.1 Å². The van der Waals surface area contributed by atoms with Crippen molar-refractivity contribution in [1.29, 1.82) is 0 Å². The first-order valence-corrected chi connectivity index (χ1v) is 7.61. The van der Waals surface area contributed by atoms with E-state index in [2.05, 4.69) is 57.0 Å². The molecule has 2 aromatic rings. The quantitative estimate of drug-likeness (QED) is 0.308. The maximum atomic E-state index is 4.25. The molecule has 0 bridgehead atoms. The fourth-order valence-corrected chi connectivity index (χ4v) is 2.17. The highest BCUT2D eigenvalue weighted by molar-refractivity contribution is 14.0. The second-order valence-electron chi connectivity index (χ2n) is 5.19. The molecule has 126 valence electrons. The smallest absolute Gasteiger partial charge is 0.191 e. The number of unbranched alkanes of at least 4 members (excludes halogenated alkanes) is 1. The van der Waals surface area contributed by atoms with Gasteiger partial charge in [0.2, 0.25) is 0 Å². The topological polar surface area (TPSA) is 67.1 Å². The number of rotatable bonds is 7. The highest BCUT2D eigenvalue weighted by Gasteiger charge is 2.00. The zero-order valence-corrected chi connectivity index (χ0v) is 16.0. The number of aryl methyl sites for hydroxylation is 2. The Morgan fingerprint density at radius 3 is 2.57 bits per heavy atom. The third-order valence-electron chi connectivity index (χ3n) is 3.53. The van der Waals surface area contributed by atoms with E-state index in [0.29, 0.717) is 0 Å². The average molecular weight is 428 g/mol. The molecule has 2 rings (SSSR count). The van der Waals surface area contributed by atoms with Crippen molar-refractivity contribution < 1.29 is 0 Å². The first kappa shape index (κ1) is 19.4. The van der Waals surface area contributed by atoms with Gasteiger partial charge in [-0.3, -0.25) is 4.99 Å². The van der Waals surface area contributed by atoms with Gasteiger partial charge in [-0.15, -0.1) is 34.2 Å². The Morgan fingerprint density at radius 1 is 1.13 bits per heavy atom. The lowest BCUT2D eigenvalue weighted by Crippen LogP contribution is -2.37. The molecule has 0 amide bonds. The Labute approximate surface area is 154 Å². The van der Waals surface area contributed by atoms with Gasteiger partial charge in [0.25, 0.3) is 0 Å². The summed E-state index contributed by atoms with van der Waals surface area (Å²) in [4.78, 5) is 4.25. The number of nitrogens with zero attached hydrogens (tertiary/aromatic N) is 4. The summed E-state index contributed by atoms with van der Waals surface area (Å²) in [5, 5.41) is 14.3. The number of hydrogen-bond donors (Lipinski definition) is 2. The lowest BCUT2D eigenvalue weighted by Gasteiger charge is -2.13. The van der Waals surface area contributed by atoms with E-state index in [9.17, 15) is 0 Å². The molecular weight excluding hydrogens is 403 g/mol. The summed E-state index contributed by atoms with van der Waals surface area (Å²) in [5.41, 5.74) is 2.58. The molecule has 1 aromatic heterocycles. The standard InChI is InChI=1S/C16H24N6.HI/c1-14-7-3-4-8-15(14)11-19-16(17-2)18-9-5-6-10-22-12-20-21-13-22;/h3-4,7-8,12-13H,5-6,9-11H2,1-2H3,(H2,17,18,19);1H. The monoisotopic (exact) mass is 428 g/mol. The maximum absolute atomic E-state index is 4.25. The molecule has 0 aliphatic heterocycles. The summed E-state index contributed by atoms with van der Waals surface area (Å²) >= 11 is 0. The summed E-state index contributed by atoms with van der Waals surface area (Å²) in [6.07, 6.45) is 5.65.